The molecule has 0 atom stereocenters. The van der Waals surface area contributed by atoms with Gasteiger partial charge in [0.1, 0.15) is 5.82 Å². The summed E-state index contributed by atoms with van der Waals surface area (Å²) in [5.41, 5.74) is 0.820. The quantitative estimate of drug-likeness (QED) is 0.827. The van der Waals surface area contributed by atoms with Gasteiger partial charge in [0, 0.05) is 0 Å². The summed E-state index contributed by atoms with van der Waals surface area (Å²) in [6.07, 6.45) is 0. The minimum absolute atomic E-state index is 0.0463. The third kappa shape index (κ3) is 2.29. The second kappa shape index (κ2) is 5.31. The zero-order chi connectivity index (χ0) is 13.1. The molecular weight excluding hydrogens is 226 g/mol. The molecule has 0 fully saturated rings. The Labute approximate surface area is 107 Å². The average Bonchev–Trinajstić information content (AvgIpc) is 2.39. The van der Waals surface area contributed by atoms with Gasteiger partial charge in [0.2, 0.25) is 0 Å². The van der Waals surface area contributed by atoms with E-state index in [1.807, 2.05) is 31.2 Å². The summed E-state index contributed by atoms with van der Waals surface area (Å²) < 4.78 is 1.75. The summed E-state index contributed by atoms with van der Waals surface area (Å²) in [5.74, 6) is 0.769. The number of rotatable bonds is 4. The number of hydrogen-bond acceptors (Lipinski definition) is 3. The molecular formula is C14H19N3O. The highest BCUT2D eigenvalue weighted by molar-refractivity contribution is 5.77. The lowest BCUT2D eigenvalue weighted by Crippen LogP contribution is -2.34. The van der Waals surface area contributed by atoms with Crippen molar-refractivity contribution in [1.29, 1.82) is 0 Å². The van der Waals surface area contributed by atoms with E-state index in [1.165, 1.54) is 0 Å². The van der Waals surface area contributed by atoms with Crippen molar-refractivity contribution in [3.63, 3.8) is 0 Å². The molecule has 0 amide bonds. The van der Waals surface area contributed by atoms with Crippen LogP contribution in [0.15, 0.2) is 29.1 Å². The van der Waals surface area contributed by atoms with E-state index in [1.54, 1.807) is 4.57 Å². The molecule has 4 heteroatoms. The molecule has 0 N–H and O–H groups in total. The smallest absolute Gasteiger partial charge is 0.262 e. The Morgan fingerprint density at radius 3 is 2.56 bits per heavy atom. The third-order valence-corrected chi connectivity index (χ3v) is 3.29. The zero-order valence-corrected chi connectivity index (χ0v) is 11.2. The predicted octanol–water partition coefficient (Wildman–Crippen LogP) is 2.00. The van der Waals surface area contributed by atoms with Gasteiger partial charge in [-0.1, -0.05) is 26.0 Å². The molecule has 0 radical (unpaired) electrons. The van der Waals surface area contributed by atoms with Crippen LogP contribution in [0, 0.1) is 6.92 Å². The molecule has 0 unspecified atom stereocenters. The maximum atomic E-state index is 12.4. The highest BCUT2D eigenvalue weighted by atomic mass is 16.1. The van der Waals surface area contributed by atoms with Crippen molar-refractivity contribution in [2.75, 3.05) is 13.1 Å². The van der Waals surface area contributed by atoms with Gasteiger partial charge in [-0.3, -0.25) is 14.3 Å². The Kier molecular flexibility index (Phi) is 3.77. The number of fused-ring (bicyclic) bond motifs is 1. The van der Waals surface area contributed by atoms with Crippen molar-refractivity contribution < 1.29 is 0 Å². The van der Waals surface area contributed by atoms with Gasteiger partial charge in [-0.2, -0.15) is 0 Å². The number of benzene rings is 1. The van der Waals surface area contributed by atoms with Crippen LogP contribution < -0.4 is 5.56 Å². The molecule has 0 spiro atoms. The Balaban J connectivity index is 2.54. The molecule has 1 heterocycles. The molecule has 2 rings (SSSR count). The summed E-state index contributed by atoms with van der Waals surface area (Å²) >= 11 is 0. The first-order valence-corrected chi connectivity index (χ1v) is 6.36. The van der Waals surface area contributed by atoms with Gasteiger partial charge in [-0.05, 0) is 32.1 Å². The van der Waals surface area contributed by atoms with Gasteiger partial charge >= 0.3 is 0 Å². The molecule has 4 nitrogen and oxygen atoms in total. The van der Waals surface area contributed by atoms with Gasteiger partial charge in [-0.15, -0.1) is 0 Å². The van der Waals surface area contributed by atoms with Gasteiger partial charge in [-0.25, -0.2) is 4.98 Å². The van der Waals surface area contributed by atoms with Crippen molar-refractivity contribution in [3.05, 3.63) is 40.4 Å². The largest absolute Gasteiger partial charge is 0.286 e. The zero-order valence-electron chi connectivity index (χ0n) is 11.2. The molecule has 2 aromatic rings. The molecule has 96 valence electrons. The molecule has 0 bridgehead atoms. The normalized spacial score (nSPS) is 11.3. The molecule has 0 aliphatic carbocycles. The lowest BCUT2D eigenvalue weighted by Gasteiger charge is -2.20. The van der Waals surface area contributed by atoms with Crippen LogP contribution in [0.3, 0.4) is 0 Å². The lowest BCUT2D eigenvalue weighted by atomic mass is 10.2. The van der Waals surface area contributed by atoms with Crippen molar-refractivity contribution in [1.82, 2.24) is 14.5 Å². The van der Waals surface area contributed by atoms with Gasteiger partial charge in [0.25, 0.3) is 5.56 Å². The second-order valence-electron chi connectivity index (χ2n) is 4.35. The van der Waals surface area contributed by atoms with Crippen molar-refractivity contribution in [3.8, 4) is 0 Å². The fourth-order valence-electron chi connectivity index (χ4n) is 2.07. The van der Waals surface area contributed by atoms with Crippen LogP contribution in [0.4, 0.5) is 0 Å². The van der Waals surface area contributed by atoms with E-state index in [0.717, 1.165) is 24.4 Å². The molecule has 0 aliphatic heterocycles. The summed E-state index contributed by atoms with van der Waals surface area (Å²) in [7, 11) is 0. The number of hydrogen-bond donors (Lipinski definition) is 0. The highest BCUT2D eigenvalue weighted by Gasteiger charge is 2.09. The van der Waals surface area contributed by atoms with Crippen LogP contribution in [-0.4, -0.2) is 27.5 Å². The number of nitrogens with zero attached hydrogens (tertiary/aromatic N) is 3. The van der Waals surface area contributed by atoms with Crippen LogP contribution in [-0.2, 0) is 6.67 Å². The Morgan fingerprint density at radius 2 is 1.89 bits per heavy atom. The van der Waals surface area contributed by atoms with Crippen LogP contribution in [0.2, 0.25) is 0 Å². The molecule has 1 aromatic carbocycles. The van der Waals surface area contributed by atoms with E-state index in [9.17, 15) is 4.79 Å². The second-order valence-corrected chi connectivity index (χ2v) is 4.35. The van der Waals surface area contributed by atoms with Crippen molar-refractivity contribution >= 4 is 10.9 Å². The molecule has 1 aromatic heterocycles. The summed E-state index contributed by atoms with van der Waals surface area (Å²) in [6.45, 7) is 8.54. The van der Waals surface area contributed by atoms with Gasteiger partial charge in [0.05, 0.1) is 17.6 Å². The average molecular weight is 245 g/mol. The van der Waals surface area contributed by atoms with E-state index in [4.69, 9.17) is 0 Å². The molecule has 0 aliphatic rings. The van der Waals surface area contributed by atoms with Gasteiger partial charge in [0.15, 0.2) is 0 Å². The van der Waals surface area contributed by atoms with Crippen LogP contribution >= 0.6 is 0 Å². The van der Waals surface area contributed by atoms with E-state index in [2.05, 4.69) is 23.7 Å². The summed E-state index contributed by atoms with van der Waals surface area (Å²) in [4.78, 5) is 19.1. The molecule has 0 saturated heterocycles. The SMILES string of the molecule is CCN(CC)Cn1c(C)nc2ccccc2c1=O. The van der Waals surface area contributed by atoms with Crippen LogP contribution in [0.25, 0.3) is 10.9 Å². The van der Waals surface area contributed by atoms with E-state index in [-0.39, 0.29) is 5.56 Å². The van der Waals surface area contributed by atoms with Crippen LogP contribution in [0.5, 0.6) is 0 Å². The standard InChI is InChI=1S/C14H19N3O/c1-4-16(5-2)10-17-11(3)15-13-9-7-6-8-12(13)14(17)18/h6-9H,4-5,10H2,1-3H3. The maximum Gasteiger partial charge on any atom is 0.262 e. The van der Waals surface area contributed by atoms with Crippen molar-refractivity contribution in [2.24, 2.45) is 0 Å². The van der Waals surface area contributed by atoms with E-state index >= 15 is 0 Å². The maximum absolute atomic E-state index is 12.4. The fraction of sp³-hybridized carbons (Fsp3) is 0.429. The number of aromatic nitrogens is 2. The van der Waals surface area contributed by atoms with Crippen LogP contribution in [0.1, 0.15) is 19.7 Å². The third-order valence-electron chi connectivity index (χ3n) is 3.29. The van der Waals surface area contributed by atoms with E-state index in [0.29, 0.717) is 12.1 Å². The first kappa shape index (κ1) is 12.8. The predicted molar refractivity (Wildman–Crippen MR) is 73.7 cm³/mol. The van der Waals surface area contributed by atoms with Crippen molar-refractivity contribution in [2.45, 2.75) is 27.4 Å². The number of para-hydroxylation sites is 1. The molecule has 18 heavy (non-hydrogen) atoms. The Bertz CT molecular complexity index is 600. The Morgan fingerprint density at radius 1 is 1.22 bits per heavy atom. The first-order valence-electron chi connectivity index (χ1n) is 6.36. The first-order chi connectivity index (χ1) is 8.67. The summed E-state index contributed by atoms with van der Waals surface area (Å²) in [6, 6.07) is 7.50. The molecule has 0 saturated carbocycles. The Hall–Kier alpha value is -1.68. The van der Waals surface area contributed by atoms with E-state index < -0.39 is 0 Å². The fourth-order valence-corrected chi connectivity index (χ4v) is 2.07. The minimum Gasteiger partial charge on any atom is -0.286 e. The lowest BCUT2D eigenvalue weighted by molar-refractivity contribution is 0.235. The topological polar surface area (TPSA) is 38.1 Å². The number of aryl methyl sites for hydroxylation is 1. The summed E-state index contributed by atoms with van der Waals surface area (Å²) in [5, 5.41) is 0.690. The van der Waals surface area contributed by atoms with Gasteiger partial charge < -0.3 is 0 Å². The minimum atomic E-state index is 0.0463. The highest BCUT2D eigenvalue weighted by Crippen LogP contribution is 2.07. The monoisotopic (exact) mass is 245 g/mol.